The minimum Gasteiger partial charge on any atom is -0.393 e. The molecule has 32 heavy (non-hydrogen) atoms. The maximum atomic E-state index is 10.8. The average Bonchev–Trinajstić information content (AvgIpc) is 3.27. The van der Waals surface area contributed by atoms with Gasteiger partial charge in [-0.25, -0.2) is 0 Å². The molecule has 0 aromatic carbocycles. The number of allylic oxidation sites excluding steroid dienone is 1. The van der Waals surface area contributed by atoms with Gasteiger partial charge in [-0.15, -0.1) is 0 Å². The summed E-state index contributed by atoms with van der Waals surface area (Å²) in [5.41, 5.74) is 1.44. The molecule has 0 bridgehead atoms. The fourth-order valence-electron chi connectivity index (χ4n) is 11.0. The van der Waals surface area contributed by atoms with Gasteiger partial charge in [0.05, 0.1) is 11.7 Å². The van der Waals surface area contributed by atoms with Crippen LogP contribution in [0.1, 0.15) is 113 Å². The van der Waals surface area contributed by atoms with Crippen molar-refractivity contribution in [2.75, 3.05) is 0 Å². The summed E-state index contributed by atoms with van der Waals surface area (Å²) >= 11 is 0. The molecule has 2 spiro atoms. The third-order valence-corrected chi connectivity index (χ3v) is 12.9. The molecule has 5 saturated carbocycles. The summed E-state index contributed by atoms with van der Waals surface area (Å²) < 4.78 is 0. The Morgan fingerprint density at radius 3 is 2.22 bits per heavy atom. The standard InChI is InChI=1S/C30H50O2/c1-20(9-8-14-25(2,3)32)21-12-15-28(7)23-11-10-22-26(4,5)24(31)13-16-29(22)19-30(23,29)18-17-27(21,28)6/h8,14,20-24,31-32H,9-13,15-19H2,1-7H3/b14-8-/t20-,21+,22+,23+,24-,27+,28-,29+,30-/m0/s1. The van der Waals surface area contributed by atoms with Crippen molar-refractivity contribution in [3.05, 3.63) is 12.2 Å². The molecule has 0 unspecified atom stereocenters. The number of fused-ring (bicyclic) bond motifs is 2. The second kappa shape index (κ2) is 6.87. The predicted molar refractivity (Wildman–Crippen MR) is 132 cm³/mol. The van der Waals surface area contributed by atoms with Gasteiger partial charge in [-0.3, -0.25) is 0 Å². The van der Waals surface area contributed by atoms with Gasteiger partial charge >= 0.3 is 0 Å². The fourth-order valence-corrected chi connectivity index (χ4v) is 11.0. The molecule has 5 aliphatic carbocycles. The largest absolute Gasteiger partial charge is 0.393 e. The average molecular weight is 443 g/mol. The molecule has 2 nitrogen and oxygen atoms in total. The van der Waals surface area contributed by atoms with Crippen LogP contribution < -0.4 is 0 Å². The molecule has 0 heterocycles. The van der Waals surface area contributed by atoms with Gasteiger partial charge in [0.15, 0.2) is 0 Å². The Bertz CT molecular complexity index is 791. The molecule has 2 heteroatoms. The number of hydrogen-bond acceptors (Lipinski definition) is 2. The van der Waals surface area contributed by atoms with Crippen LogP contribution in [-0.4, -0.2) is 21.9 Å². The topological polar surface area (TPSA) is 40.5 Å². The van der Waals surface area contributed by atoms with Gasteiger partial charge in [-0.2, -0.15) is 0 Å². The molecular weight excluding hydrogens is 392 g/mol. The second-order valence-corrected chi connectivity index (χ2v) is 14.8. The first kappa shape index (κ1) is 23.4. The van der Waals surface area contributed by atoms with Crippen molar-refractivity contribution < 1.29 is 10.2 Å². The third-order valence-electron chi connectivity index (χ3n) is 12.9. The molecule has 5 fully saturated rings. The van der Waals surface area contributed by atoms with Gasteiger partial charge in [0.2, 0.25) is 0 Å². The van der Waals surface area contributed by atoms with Gasteiger partial charge in [0.1, 0.15) is 0 Å². The van der Waals surface area contributed by atoms with Crippen molar-refractivity contribution in [3.8, 4) is 0 Å². The van der Waals surface area contributed by atoms with Crippen LogP contribution in [0, 0.1) is 50.7 Å². The van der Waals surface area contributed by atoms with Gasteiger partial charge < -0.3 is 10.2 Å². The summed E-state index contributed by atoms with van der Waals surface area (Å²) in [5, 5.41) is 20.9. The maximum Gasteiger partial charge on any atom is 0.0771 e. The Morgan fingerprint density at radius 1 is 0.875 bits per heavy atom. The Hall–Kier alpha value is -0.340. The highest BCUT2D eigenvalue weighted by atomic mass is 16.3. The van der Waals surface area contributed by atoms with Crippen LogP contribution in [0.15, 0.2) is 12.2 Å². The van der Waals surface area contributed by atoms with E-state index in [0.717, 1.165) is 30.6 Å². The van der Waals surface area contributed by atoms with Crippen molar-refractivity contribution in [3.63, 3.8) is 0 Å². The zero-order valence-corrected chi connectivity index (χ0v) is 22.0. The Balaban J connectivity index is 1.40. The van der Waals surface area contributed by atoms with Crippen LogP contribution in [0.25, 0.3) is 0 Å². The molecule has 0 amide bonds. The molecule has 182 valence electrons. The second-order valence-electron chi connectivity index (χ2n) is 14.8. The number of hydrogen-bond donors (Lipinski definition) is 2. The quantitative estimate of drug-likeness (QED) is 0.454. The molecular formula is C30H50O2. The molecule has 0 aromatic rings. The van der Waals surface area contributed by atoms with Crippen molar-refractivity contribution in [2.45, 2.75) is 124 Å². The van der Waals surface area contributed by atoms with Crippen molar-refractivity contribution in [2.24, 2.45) is 50.7 Å². The molecule has 2 N–H and O–H groups in total. The predicted octanol–water partition coefficient (Wildman–Crippen LogP) is 7.14. The van der Waals surface area contributed by atoms with Gasteiger partial charge in [0, 0.05) is 0 Å². The lowest BCUT2D eigenvalue weighted by Gasteiger charge is -2.63. The van der Waals surface area contributed by atoms with E-state index in [-0.39, 0.29) is 11.5 Å². The van der Waals surface area contributed by atoms with E-state index < -0.39 is 5.60 Å². The lowest BCUT2D eigenvalue weighted by atomic mass is 9.42. The number of aliphatic hydroxyl groups is 2. The van der Waals surface area contributed by atoms with E-state index in [1.165, 1.54) is 51.4 Å². The van der Waals surface area contributed by atoms with E-state index in [1.54, 1.807) is 0 Å². The molecule has 5 aliphatic rings. The highest BCUT2D eigenvalue weighted by Gasteiger charge is 2.82. The molecule has 9 atom stereocenters. The van der Waals surface area contributed by atoms with Crippen LogP contribution in [-0.2, 0) is 0 Å². The summed E-state index contributed by atoms with van der Waals surface area (Å²) in [6, 6.07) is 0. The maximum absolute atomic E-state index is 10.8. The molecule has 5 rings (SSSR count). The highest BCUT2D eigenvalue weighted by molar-refractivity contribution is 5.30. The molecule has 0 radical (unpaired) electrons. The SMILES string of the molecule is C[C@@H](C/C=C\C(C)(C)O)[C@H]1CC[C@@]2(C)[C@H]3CC[C@@H]4C(C)(C)[C@@H](O)CC[C@@]45C[C@@]35CC[C@]12C. The van der Waals surface area contributed by atoms with Crippen molar-refractivity contribution in [1.29, 1.82) is 0 Å². The van der Waals surface area contributed by atoms with Crippen LogP contribution in [0.3, 0.4) is 0 Å². The van der Waals surface area contributed by atoms with E-state index in [0.29, 0.717) is 27.6 Å². The first-order chi connectivity index (χ1) is 14.7. The zero-order chi connectivity index (χ0) is 23.4. The highest BCUT2D eigenvalue weighted by Crippen LogP contribution is 2.89. The normalized spacial score (nSPS) is 52.7. The lowest BCUT2D eigenvalue weighted by molar-refractivity contribution is -0.161. The summed E-state index contributed by atoms with van der Waals surface area (Å²) in [6.07, 6.45) is 17.4. The third kappa shape index (κ3) is 2.84. The van der Waals surface area contributed by atoms with E-state index in [4.69, 9.17) is 0 Å². The summed E-state index contributed by atoms with van der Waals surface area (Å²) in [5.74, 6) is 3.10. The van der Waals surface area contributed by atoms with Crippen molar-refractivity contribution >= 4 is 0 Å². The summed E-state index contributed by atoms with van der Waals surface area (Å²) in [7, 11) is 0. The van der Waals surface area contributed by atoms with Crippen LogP contribution in [0.5, 0.6) is 0 Å². The summed E-state index contributed by atoms with van der Waals surface area (Å²) in [6.45, 7) is 16.3. The van der Waals surface area contributed by atoms with Gasteiger partial charge in [0.25, 0.3) is 0 Å². The number of aliphatic hydroxyl groups excluding tert-OH is 1. The Labute approximate surface area is 197 Å². The number of rotatable bonds is 4. The molecule has 0 saturated heterocycles. The van der Waals surface area contributed by atoms with Gasteiger partial charge in [-0.1, -0.05) is 46.8 Å². The monoisotopic (exact) mass is 442 g/mol. The van der Waals surface area contributed by atoms with Gasteiger partial charge in [-0.05, 0) is 129 Å². The van der Waals surface area contributed by atoms with Crippen LogP contribution in [0.4, 0.5) is 0 Å². The fraction of sp³-hybridized carbons (Fsp3) is 0.933. The van der Waals surface area contributed by atoms with Crippen LogP contribution in [0.2, 0.25) is 0 Å². The van der Waals surface area contributed by atoms with Crippen LogP contribution >= 0.6 is 0 Å². The van der Waals surface area contributed by atoms with E-state index in [1.807, 2.05) is 19.9 Å². The lowest BCUT2D eigenvalue weighted by Crippen LogP contribution is -2.57. The van der Waals surface area contributed by atoms with E-state index in [9.17, 15) is 10.2 Å². The minimum atomic E-state index is -0.703. The first-order valence-electron chi connectivity index (χ1n) is 13.8. The Kier molecular flexibility index (Phi) is 5.02. The van der Waals surface area contributed by atoms with E-state index >= 15 is 0 Å². The smallest absolute Gasteiger partial charge is 0.0771 e. The first-order valence-corrected chi connectivity index (χ1v) is 13.8. The Morgan fingerprint density at radius 2 is 1.53 bits per heavy atom. The van der Waals surface area contributed by atoms with Crippen molar-refractivity contribution in [1.82, 2.24) is 0 Å². The summed E-state index contributed by atoms with van der Waals surface area (Å²) in [4.78, 5) is 0. The molecule has 0 aliphatic heterocycles. The zero-order valence-electron chi connectivity index (χ0n) is 22.0. The molecule has 0 aromatic heterocycles. The minimum absolute atomic E-state index is 0.0912. The van der Waals surface area contributed by atoms with E-state index in [2.05, 4.69) is 40.7 Å².